The molecular weight excluding hydrogens is 326 g/mol. The Morgan fingerprint density at radius 1 is 1.12 bits per heavy atom. The molecule has 4 rings (SSSR count). The molecule has 0 bridgehead atoms. The molecule has 134 valence electrons. The van der Waals surface area contributed by atoms with Crippen LogP contribution in [0.25, 0.3) is 11.4 Å². The molecule has 1 aliphatic rings. The molecule has 1 aliphatic heterocycles. The van der Waals surface area contributed by atoms with Gasteiger partial charge in [0.1, 0.15) is 5.75 Å². The van der Waals surface area contributed by atoms with Crippen molar-refractivity contribution in [3.63, 3.8) is 0 Å². The monoisotopic (exact) mass is 349 g/mol. The number of aryl methyl sites for hydroxylation is 1. The first-order chi connectivity index (χ1) is 12.7. The minimum absolute atomic E-state index is 0.306. The second-order valence-electron chi connectivity index (χ2n) is 6.89. The summed E-state index contributed by atoms with van der Waals surface area (Å²) in [6.45, 7) is 5.10. The zero-order valence-corrected chi connectivity index (χ0v) is 15.2. The van der Waals surface area contributed by atoms with Crippen LogP contribution in [0.15, 0.2) is 53.1 Å². The molecule has 1 aromatic heterocycles. The molecule has 5 heteroatoms. The molecule has 0 saturated carbocycles. The van der Waals surface area contributed by atoms with Gasteiger partial charge in [-0.1, -0.05) is 35.0 Å². The van der Waals surface area contributed by atoms with Gasteiger partial charge in [-0.05, 0) is 49.7 Å². The first-order valence-corrected chi connectivity index (χ1v) is 8.97. The summed E-state index contributed by atoms with van der Waals surface area (Å²) in [6, 6.07) is 16.5. The number of hydrogen-bond donors (Lipinski definition) is 0. The highest BCUT2D eigenvalue weighted by Gasteiger charge is 2.28. The van der Waals surface area contributed by atoms with E-state index in [1.165, 1.54) is 11.1 Å². The first-order valence-electron chi connectivity index (χ1n) is 8.97. The van der Waals surface area contributed by atoms with E-state index in [-0.39, 0.29) is 0 Å². The SMILES string of the molecule is COc1ccc(-c2noc(C3CCN(Cc4ccc(C)cc4)C3)n2)cc1. The number of methoxy groups -OCH3 is 1. The maximum atomic E-state index is 5.55. The number of rotatable bonds is 5. The van der Waals surface area contributed by atoms with Gasteiger partial charge in [-0.15, -0.1) is 0 Å². The van der Waals surface area contributed by atoms with Gasteiger partial charge in [0.25, 0.3) is 0 Å². The molecule has 0 aliphatic carbocycles. The smallest absolute Gasteiger partial charge is 0.231 e. The Balaban J connectivity index is 1.41. The third-order valence-electron chi connectivity index (χ3n) is 4.94. The summed E-state index contributed by atoms with van der Waals surface area (Å²) in [5, 5.41) is 4.16. The molecule has 0 spiro atoms. The zero-order valence-electron chi connectivity index (χ0n) is 15.2. The van der Waals surface area contributed by atoms with Crippen molar-refractivity contribution in [3.05, 3.63) is 65.5 Å². The highest BCUT2D eigenvalue weighted by Crippen LogP contribution is 2.29. The zero-order chi connectivity index (χ0) is 17.9. The number of hydrogen-bond acceptors (Lipinski definition) is 5. The van der Waals surface area contributed by atoms with Gasteiger partial charge in [0.15, 0.2) is 0 Å². The van der Waals surface area contributed by atoms with E-state index in [2.05, 4.69) is 46.2 Å². The molecule has 1 saturated heterocycles. The summed E-state index contributed by atoms with van der Waals surface area (Å²) in [5.41, 5.74) is 3.58. The standard InChI is InChI=1S/C21H23N3O2/c1-15-3-5-16(6-4-15)13-24-12-11-18(14-24)21-22-20(23-26-21)17-7-9-19(25-2)10-8-17/h3-10,18H,11-14H2,1-2H3. The van der Waals surface area contributed by atoms with E-state index in [0.717, 1.165) is 43.3 Å². The summed E-state index contributed by atoms with van der Waals surface area (Å²) < 4.78 is 10.7. The number of aromatic nitrogens is 2. The maximum Gasteiger partial charge on any atom is 0.231 e. The van der Waals surface area contributed by atoms with E-state index < -0.39 is 0 Å². The van der Waals surface area contributed by atoms with E-state index in [4.69, 9.17) is 9.26 Å². The van der Waals surface area contributed by atoms with Crippen molar-refractivity contribution in [2.75, 3.05) is 20.2 Å². The van der Waals surface area contributed by atoms with E-state index in [1.54, 1.807) is 7.11 Å². The highest BCUT2D eigenvalue weighted by atomic mass is 16.5. The molecule has 0 N–H and O–H groups in total. The van der Waals surface area contributed by atoms with Crippen LogP contribution in [0.4, 0.5) is 0 Å². The molecule has 1 unspecified atom stereocenters. The topological polar surface area (TPSA) is 51.4 Å². The average Bonchev–Trinajstić information content (AvgIpc) is 3.33. The predicted octanol–water partition coefficient (Wildman–Crippen LogP) is 4.04. The largest absolute Gasteiger partial charge is 0.497 e. The van der Waals surface area contributed by atoms with Crippen LogP contribution < -0.4 is 4.74 Å². The summed E-state index contributed by atoms with van der Waals surface area (Å²) in [5.74, 6) is 2.50. The van der Waals surface area contributed by atoms with Gasteiger partial charge in [0.2, 0.25) is 11.7 Å². The van der Waals surface area contributed by atoms with Crippen LogP contribution in [0, 0.1) is 6.92 Å². The minimum atomic E-state index is 0.306. The fourth-order valence-corrected chi connectivity index (χ4v) is 3.39. The number of nitrogens with zero attached hydrogens (tertiary/aromatic N) is 3. The van der Waals surface area contributed by atoms with Crippen molar-refractivity contribution >= 4 is 0 Å². The Kier molecular flexibility index (Phi) is 4.71. The molecule has 3 aromatic rings. The predicted molar refractivity (Wildman–Crippen MR) is 100 cm³/mol. The van der Waals surface area contributed by atoms with Crippen molar-refractivity contribution in [1.29, 1.82) is 0 Å². The number of benzene rings is 2. The second kappa shape index (κ2) is 7.30. The van der Waals surface area contributed by atoms with Crippen LogP contribution in [0.3, 0.4) is 0 Å². The van der Waals surface area contributed by atoms with E-state index in [0.29, 0.717) is 11.7 Å². The third kappa shape index (κ3) is 3.63. The molecular formula is C21H23N3O2. The summed E-state index contributed by atoms with van der Waals surface area (Å²) >= 11 is 0. The summed E-state index contributed by atoms with van der Waals surface area (Å²) in [7, 11) is 1.66. The molecule has 1 fully saturated rings. The third-order valence-corrected chi connectivity index (χ3v) is 4.94. The van der Waals surface area contributed by atoms with Crippen molar-refractivity contribution in [2.45, 2.75) is 25.8 Å². The molecule has 26 heavy (non-hydrogen) atoms. The van der Waals surface area contributed by atoms with Crippen molar-refractivity contribution in [2.24, 2.45) is 0 Å². The average molecular weight is 349 g/mol. The van der Waals surface area contributed by atoms with E-state index in [9.17, 15) is 0 Å². The summed E-state index contributed by atoms with van der Waals surface area (Å²) in [4.78, 5) is 7.08. The Labute approximate surface area is 153 Å². The lowest BCUT2D eigenvalue weighted by Gasteiger charge is -2.15. The van der Waals surface area contributed by atoms with E-state index in [1.807, 2.05) is 24.3 Å². The first kappa shape index (κ1) is 16.8. The van der Waals surface area contributed by atoms with Crippen molar-refractivity contribution in [1.82, 2.24) is 15.0 Å². The molecule has 2 heterocycles. The number of ether oxygens (including phenoxy) is 1. The van der Waals surface area contributed by atoms with Gasteiger partial charge in [-0.25, -0.2) is 0 Å². The van der Waals surface area contributed by atoms with Crippen LogP contribution in [-0.2, 0) is 6.54 Å². The lowest BCUT2D eigenvalue weighted by molar-refractivity contribution is 0.309. The normalized spacial score (nSPS) is 17.5. The Morgan fingerprint density at radius 2 is 1.88 bits per heavy atom. The van der Waals surface area contributed by atoms with Gasteiger partial charge >= 0.3 is 0 Å². The lowest BCUT2D eigenvalue weighted by Crippen LogP contribution is -2.19. The van der Waals surface area contributed by atoms with Crippen molar-refractivity contribution < 1.29 is 9.26 Å². The molecule has 5 nitrogen and oxygen atoms in total. The Morgan fingerprint density at radius 3 is 2.62 bits per heavy atom. The Hall–Kier alpha value is -2.66. The molecule has 0 radical (unpaired) electrons. The van der Waals surface area contributed by atoms with Crippen LogP contribution in [0.1, 0.15) is 29.4 Å². The molecule has 2 aromatic carbocycles. The maximum absolute atomic E-state index is 5.55. The highest BCUT2D eigenvalue weighted by molar-refractivity contribution is 5.55. The number of likely N-dealkylation sites (tertiary alicyclic amines) is 1. The van der Waals surface area contributed by atoms with Gasteiger partial charge in [0, 0.05) is 18.7 Å². The lowest BCUT2D eigenvalue weighted by atomic mass is 10.1. The fourth-order valence-electron chi connectivity index (χ4n) is 3.39. The second-order valence-corrected chi connectivity index (χ2v) is 6.89. The van der Waals surface area contributed by atoms with Crippen LogP contribution in [0.2, 0.25) is 0 Å². The minimum Gasteiger partial charge on any atom is -0.497 e. The van der Waals surface area contributed by atoms with Gasteiger partial charge < -0.3 is 9.26 Å². The molecule has 1 atom stereocenters. The van der Waals surface area contributed by atoms with Gasteiger partial charge in [-0.2, -0.15) is 4.98 Å². The van der Waals surface area contributed by atoms with Gasteiger partial charge in [0.05, 0.1) is 13.0 Å². The van der Waals surface area contributed by atoms with Crippen LogP contribution in [0.5, 0.6) is 5.75 Å². The quantitative estimate of drug-likeness (QED) is 0.696. The molecule has 0 amide bonds. The van der Waals surface area contributed by atoms with Gasteiger partial charge in [-0.3, -0.25) is 4.90 Å². The van der Waals surface area contributed by atoms with Crippen LogP contribution >= 0.6 is 0 Å². The van der Waals surface area contributed by atoms with Crippen LogP contribution in [-0.4, -0.2) is 35.2 Å². The fraction of sp³-hybridized carbons (Fsp3) is 0.333. The summed E-state index contributed by atoms with van der Waals surface area (Å²) in [6.07, 6.45) is 1.05. The van der Waals surface area contributed by atoms with E-state index >= 15 is 0 Å². The van der Waals surface area contributed by atoms with Crippen molar-refractivity contribution in [3.8, 4) is 17.1 Å². The Bertz CT molecular complexity index is 856.